The average molecular weight is 279 g/mol. The summed E-state index contributed by atoms with van der Waals surface area (Å²) in [6, 6.07) is 7.77. The number of rotatable bonds is 6. The molecule has 0 radical (unpaired) electrons. The molecule has 1 aliphatic rings. The van der Waals surface area contributed by atoms with Crippen molar-refractivity contribution in [2.24, 2.45) is 5.92 Å². The molecule has 3 nitrogen and oxygen atoms in total. The standard InChI is InChI=1S/C15H21NO2S/c1-16(9-11-7-13(17)8-11)10-15(18)12-3-5-14(19-2)6-4-12/h3-6,11,13,17H,7-10H2,1-2H3. The number of likely N-dealkylation sites (N-methyl/N-ethyl adjacent to an activating group) is 1. The molecule has 1 aromatic rings. The molecule has 1 aromatic carbocycles. The molecule has 0 atom stereocenters. The fraction of sp³-hybridized carbons (Fsp3) is 0.533. The minimum Gasteiger partial charge on any atom is -0.393 e. The van der Waals surface area contributed by atoms with Crippen LogP contribution in [0, 0.1) is 5.92 Å². The highest BCUT2D eigenvalue weighted by Gasteiger charge is 2.28. The molecule has 0 saturated heterocycles. The monoisotopic (exact) mass is 279 g/mol. The van der Waals surface area contributed by atoms with Crippen molar-refractivity contribution in [2.75, 3.05) is 26.4 Å². The number of thioether (sulfide) groups is 1. The Hall–Kier alpha value is -0.840. The highest BCUT2D eigenvalue weighted by Crippen LogP contribution is 2.27. The highest BCUT2D eigenvalue weighted by atomic mass is 32.2. The summed E-state index contributed by atoms with van der Waals surface area (Å²) in [5, 5.41) is 9.25. The van der Waals surface area contributed by atoms with Crippen LogP contribution in [0.3, 0.4) is 0 Å². The van der Waals surface area contributed by atoms with Crippen LogP contribution < -0.4 is 0 Å². The quantitative estimate of drug-likeness (QED) is 0.641. The van der Waals surface area contributed by atoms with Crippen molar-refractivity contribution in [3.63, 3.8) is 0 Å². The largest absolute Gasteiger partial charge is 0.393 e. The lowest BCUT2D eigenvalue weighted by molar-refractivity contribution is 0.0286. The molecular formula is C15H21NO2S. The maximum atomic E-state index is 12.1. The van der Waals surface area contributed by atoms with E-state index in [9.17, 15) is 9.90 Å². The number of nitrogens with zero attached hydrogens (tertiary/aromatic N) is 1. The zero-order chi connectivity index (χ0) is 13.8. The van der Waals surface area contributed by atoms with E-state index in [4.69, 9.17) is 0 Å². The molecule has 4 heteroatoms. The summed E-state index contributed by atoms with van der Waals surface area (Å²) in [5.74, 6) is 0.710. The first-order valence-electron chi connectivity index (χ1n) is 6.62. The Morgan fingerprint density at radius 1 is 1.37 bits per heavy atom. The lowest BCUT2D eigenvalue weighted by Gasteiger charge is -2.34. The topological polar surface area (TPSA) is 40.5 Å². The third kappa shape index (κ3) is 4.06. The van der Waals surface area contributed by atoms with Gasteiger partial charge in [-0.05, 0) is 44.2 Å². The Kier molecular flexibility index (Phi) is 5.02. The van der Waals surface area contributed by atoms with Crippen LogP contribution in [0.4, 0.5) is 0 Å². The predicted molar refractivity (Wildman–Crippen MR) is 78.8 cm³/mol. The van der Waals surface area contributed by atoms with E-state index in [1.54, 1.807) is 11.8 Å². The van der Waals surface area contributed by atoms with Gasteiger partial charge < -0.3 is 5.11 Å². The first-order valence-corrected chi connectivity index (χ1v) is 7.85. The summed E-state index contributed by atoms with van der Waals surface area (Å²) in [5.41, 5.74) is 0.776. The van der Waals surface area contributed by atoms with Gasteiger partial charge in [0.25, 0.3) is 0 Å². The number of Topliss-reactive ketones (excluding diaryl/α,β-unsaturated/α-hetero) is 1. The lowest BCUT2D eigenvalue weighted by atomic mass is 9.82. The summed E-state index contributed by atoms with van der Waals surface area (Å²) >= 11 is 1.68. The number of carbonyl (C=O) groups excluding carboxylic acids is 1. The number of benzene rings is 1. The molecule has 2 rings (SSSR count). The van der Waals surface area contributed by atoms with Gasteiger partial charge in [0.05, 0.1) is 12.6 Å². The normalized spacial score (nSPS) is 22.3. The number of ketones is 1. The molecule has 0 amide bonds. The third-order valence-electron chi connectivity index (χ3n) is 3.61. The van der Waals surface area contributed by atoms with Crippen molar-refractivity contribution in [2.45, 2.75) is 23.8 Å². The summed E-state index contributed by atoms with van der Waals surface area (Å²) in [6.07, 6.45) is 3.66. The fourth-order valence-electron chi connectivity index (χ4n) is 2.47. The Morgan fingerprint density at radius 2 is 2.00 bits per heavy atom. The first kappa shape index (κ1) is 14.6. The average Bonchev–Trinajstić information content (AvgIpc) is 2.37. The van der Waals surface area contributed by atoms with Crippen molar-refractivity contribution in [1.29, 1.82) is 0 Å². The maximum Gasteiger partial charge on any atom is 0.176 e. The molecule has 1 fully saturated rings. The van der Waals surface area contributed by atoms with Gasteiger partial charge in [-0.1, -0.05) is 12.1 Å². The van der Waals surface area contributed by atoms with Crippen LogP contribution in [0.1, 0.15) is 23.2 Å². The molecule has 1 saturated carbocycles. The van der Waals surface area contributed by atoms with E-state index in [0.717, 1.165) is 24.9 Å². The van der Waals surface area contributed by atoms with Gasteiger partial charge in [0.15, 0.2) is 5.78 Å². The zero-order valence-corrected chi connectivity index (χ0v) is 12.3. The van der Waals surface area contributed by atoms with E-state index in [0.29, 0.717) is 12.5 Å². The molecule has 0 aromatic heterocycles. The number of carbonyl (C=O) groups is 1. The van der Waals surface area contributed by atoms with E-state index in [1.165, 1.54) is 4.90 Å². The maximum absolute atomic E-state index is 12.1. The van der Waals surface area contributed by atoms with Crippen molar-refractivity contribution >= 4 is 17.5 Å². The number of hydrogen-bond acceptors (Lipinski definition) is 4. The van der Waals surface area contributed by atoms with Crippen molar-refractivity contribution in [3.05, 3.63) is 29.8 Å². The Morgan fingerprint density at radius 3 is 2.53 bits per heavy atom. The van der Waals surface area contributed by atoms with E-state index in [-0.39, 0.29) is 11.9 Å². The van der Waals surface area contributed by atoms with Gasteiger partial charge in [0, 0.05) is 17.0 Å². The number of hydrogen-bond donors (Lipinski definition) is 1. The molecule has 0 heterocycles. The van der Waals surface area contributed by atoms with Gasteiger partial charge in [0.2, 0.25) is 0 Å². The van der Waals surface area contributed by atoms with Gasteiger partial charge in [-0.25, -0.2) is 0 Å². The summed E-state index contributed by atoms with van der Waals surface area (Å²) < 4.78 is 0. The van der Waals surface area contributed by atoms with Crippen LogP contribution in [-0.2, 0) is 0 Å². The molecule has 19 heavy (non-hydrogen) atoms. The highest BCUT2D eigenvalue weighted by molar-refractivity contribution is 7.98. The van der Waals surface area contributed by atoms with Crippen LogP contribution in [0.5, 0.6) is 0 Å². The van der Waals surface area contributed by atoms with Crippen LogP contribution in [0.25, 0.3) is 0 Å². The van der Waals surface area contributed by atoms with Crippen LogP contribution in [-0.4, -0.2) is 48.3 Å². The number of aliphatic hydroxyl groups excluding tert-OH is 1. The summed E-state index contributed by atoms with van der Waals surface area (Å²) in [6.45, 7) is 1.34. The van der Waals surface area contributed by atoms with E-state index in [2.05, 4.69) is 4.90 Å². The molecule has 1 N–H and O–H groups in total. The second kappa shape index (κ2) is 6.55. The lowest BCUT2D eigenvalue weighted by Crippen LogP contribution is -2.38. The van der Waals surface area contributed by atoms with Crippen LogP contribution >= 0.6 is 11.8 Å². The van der Waals surface area contributed by atoms with Gasteiger partial charge in [-0.2, -0.15) is 0 Å². The fourth-order valence-corrected chi connectivity index (χ4v) is 2.88. The molecule has 104 valence electrons. The van der Waals surface area contributed by atoms with Gasteiger partial charge >= 0.3 is 0 Å². The molecule has 0 spiro atoms. The SMILES string of the molecule is CSc1ccc(C(=O)CN(C)CC2CC(O)C2)cc1. The van der Waals surface area contributed by atoms with Crippen LogP contribution in [0.2, 0.25) is 0 Å². The van der Waals surface area contributed by atoms with E-state index >= 15 is 0 Å². The van der Waals surface area contributed by atoms with Gasteiger partial charge in [-0.15, -0.1) is 11.8 Å². The second-order valence-corrected chi connectivity index (χ2v) is 6.22. The molecule has 0 aliphatic heterocycles. The summed E-state index contributed by atoms with van der Waals surface area (Å²) in [7, 11) is 1.97. The van der Waals surface area contributed by atoms with Gasteiger partial charge in [-0.3, -0.25) is 9.69 Å². The number of aliphatic hydroxyl groups is 1. The van der Waals surface area contributed by atoms with Crippen LogP contribution in [0.15, 0.2) is 29.2 Å². The van der Waals surface area contributed by atoms with Crippen molar-refractivity contribution < 1.29 is 9.90 Å². The Labute approximate surface area is 119 Å². The first-order chi connectivity index (χ1) is 9.08. The smallest absolute Gasteiger partial charge is 0.176 e. The molecular weight excluding hydrogens is 258 g/mol. The Bertz CT molecular complexity index is 426. The molecule has 1 aliphatic carbocycles. The molecule has 0 bridgehead atoms. The minimum absolute atomic E-state index is 0.117. The van der Waals surface area contributed by atoms with E-state index < -0.39 is 0 Å². The third-order valence-corrected chi connectivity index (χ3v) is 4.35. The minimum atomic E-state index is -0.117. The van der Waals surface area contributed by atoms with Gasteiger partial charge in [0.1, 0.15) is 0 Å². The Balaban J connectivity index is 1.82. The zero-order valence-electron chi connectivity index (χ0n) is 11.5. The van der Waals surface area contributed by atoms with Crippen molar-refractivity contribution in [1.82, 2.24) is 4.90 Å². The molecule has 0 unspecified atom stereocenters. The summed E-state index contributed by atoms with van der Waals surface area (Å²) in [4.78, 5) is 15.3. The second-order valence-electron chi connectivity index (χ2n) is 5.34. The van der Waals surface area contributed by atoms with Crippen molar-refractivity contribution in [3.8, 4) is 0 Å². The van der Waals surface area contributed by atoms with E-state index in [1.807, 2.05) is 37.6 Å². The predicted octanol–water partition coefficient (Wildman–Crippen LogP) is 2.29.